The molecule has 1 saturated heterocycles. The molecular formula is C23H20ClF2N3O3S. The fourth-order valence-electron chi connectivity index (χ4n) is 3.59. The Morgan fingerprint density at radius 2 is 1.61 bits per heavy atom. The number of carbonyl (C=O) groups is 1. The molecule has 6 nitrogen and oxygen atoms in total. The zero-order chi connectivity index (χ0) is 23.6. The van der Waals surface area contributed by atoms with Gasteiger partial charge in [0.05, 0.1) is 0 Å². The zero-order valence-corrected chi connectivity index (χ0v) is 18.9. The van der Waals surface area contributed by atoms with Crippen molar-refractivity contribution in [2.75, 3.05) is 36.4 Å². The Balaban J connectivity index is 1.50. The Hall–Kier alpha value is -3.01. The second-order valence-corrected chi connectivity index (χ2v) is 9.82. The summed E-state index contributed by atoms with van der Waals surface area (Å²) >= 11 is 5.92. The fourth-order valence-corrected chi connectivity index (χ4v) is 5.29. The highest BCUT2D eigenvalue weighted by Crippen LogP contribution is 2.25. The summed E-state index contributed by atoms with van der Waals surface area (Å²) < 4.78 is 55.2. The molecule has 172 valence electrons. The van der Waals surface area contributed by atoms with Crippen molar-refractivity contribution in [3.05, 3.63) is 89.0 Å². The number of anilines is 2. The third kappa shape index (κ3) is 5.16. The van der Waals surface area contributed by atoms with Crippen molar-refractivity contribution in [1.29, 1.82) is 0 Å². The SMILES string of the molecule is O=C(Nc1cccc(Cl)c1)c1ccc(F)c(S(=O)(=O)N2CCN(c3ccc(F)cc3)CC2)c1. The van der Waals surface area contributed by atoms with Gasteiger partial charge in [-0.15, -0.1) is 0 Å². The van der Waals surface area contributed by atoms with Crippen LogP contribution < -0.4 is 10.2 Å². The standard InChI is InChI=1S/C23H20ClF2N3O3S/c24-17-2-1-3-19(15-17)27-23(30)16-4-9-21(26)22(14-16)33(31,32)29-12-10-28(11-13-29)20-7-5-18(25)6-8-20/h1-9,14-15H,10-13H2,(H,27,30). The number of rotatable bonds is 5. The number of sulfonamides is 1. The first-order chi connectivity index (χ1) is 15.7. The normalized spacial score (nSPS) is 14.8. The van der Waals surface area contributed by atoms with Crippen molar-refractivity contribution in [2.45, 2.75) is 4.90 Å². The van der Waals surface area contributed by atoms with E-state index in [-0.39, 0.29) is 24.5 Å². The second-order valence-electron chi connectivity index (χ2n) is 7.48. The van der Waals surface area contributed by atoms with Gasteiger partial charge in [0, 0.05) is 48.1 Å². The van der Waals surface area contributed by atoms with Crippen LogP contribution >= 0.6 is 11.6 Å². The molecule has 0 atom stereocenters. The third-order valence-electron chi connectivity index (χ3n) is 5.32. The number of carbonyl (C=O) groups excluding carboxylic acids is 1. The summed E-state index contributed by atoms with van der Waals surface area (Å²) in [6.07, 6.45) is 0. The second kappa shape index (κ2) is 9.46. The largest absolute Gasteiger partial charge is 0.369 e. The van der Waals surface area contributed by atoms with Crippen LogP contribution in [0, 0.1) is 11.6 Å². The van der Waals surface area contributed by atoms with E-state index in [1.54, 1.807) is 36.4 Å². The minimum Gasteiger partial charge on any atom is -0.369 e. The monoisotopic (exact) mass is 491 g/mol. The molecule has 3 aromatic carbocycles. The number of nitrogens with one attached hydrogen (secondary N) is 1. The van der Waals surface area contributed by atoms with Gasteiger partial charge in [0.2, 0.25) is 10.0 Å². The van der Waals surface area contributed by atoms with Gasteiger partial charge in [-0.25, -0.2) is 17.2 Å². The molecule has 0 saturated carbocycles. The summed E-state index contributed by atoms with van der Waals surface area (Å²) in [5.41, 5.74) is 1.21. The van der Waals surface area contributed by atoms with Gasteiger partial charge in [0.15, 0.2) is 0 Å². The lowest BCUT2D eigenvalue weighted by molar-refractivity contribution is 0.102. The third-order valence-corrected chi connectivity index (χ3v) is 7.47. The van der Waals surface area contributed by atoms with Crippen LogP contribution in [0.1, 0.15) is 10.4 Å². The minimum absolute atomic E-state index is 0.0000938. The molecule has 0 spiro atoms. The van der Waals surface area contributed by atoms with Crippen LogP contribution in [0.5, 0.6) is 0 Å². The lowest BCUT2D eigenvalue weighted by atomic mass is 10.2. The summed E-state index contributed by atoms with van der Waals surface area (Å²) in [7, 11) is -4.17. The van der Waals surface area contributed by atoms with Gasteiger partial charge in [-0.2, -0.15) is 4.31 Å². The van der Waals surface area contributed by atoms with Gasteiger partial charge in [-0.3, -0.25) is 4.79 Å². The van der Waals surface area contributed by atoms with Gasteiger partial charge in [0.25, 0.3) is 5.91 Å². The number of hydrogen-bond acceptors (Lipinski definition) is 4. The van der Waals surface area contributed by atoms with Crippen molar-refractivity contribution in [1.82, 2.24) is 4.31 Å². The lowest BCUT2D eigenvalue weighted by Crippen LogP contribution is -2.48. The average Bonchev–Trinajstić information content (AvgIpc) is 2.80. The van der Waals surface area contributed by atoms with Crippen molar-refractivity contribution in [2.24, 2.45) is 0 Å². The number of hydrogen-bond donors (Lipinski definition) is 1. The van der Waals surface area contributed by atoms with Crippen LogP contribution in [-0.4, -0.2) is 44.8 Å². The Kier molecular flexibility index (Phi) is 6.64. The summed E-state index contributed by atoms with van der Waals surface area (Å²) in [4.78, 5) is 14.0. The Bertz CT molecular complexity index is 1280. The molecule has 1 fully saturated rings. The van der Waals surface area contributed by atoms with E-state index in [1.165, 1.54) is 22.5 Å². The molecular weight excluding hydrogens is 472 g/mol. The number of nitrogens with zero attached hydrogens (tertiary/aromatic N) is 2. The summed E-state index contributed by atoms with van der Waals surface area (Å²) in [6, 6.07) is 15.6. The number of benzene rings is 3. The van der Waals surface area contributed by atoms with E-state index < -0.39 is 26.6 Å². The van der Waals surface area contributed by atoms with E-state index in [4.69, 9.17) is 11.6 Å². The first-order valence-corrected chi connectivity index (χ1v) is 11.9. The highest BCUT2D eigenvalue weighted by atomic mass is 35.5. The van der Waals surface area contributed by atoms with Crippen LogP contribution in [0.2, 0.25) is 5.02 Å². The van der Waals surface area contributed by atoms with Crippen LogP contribution in [-0.2, 0) is 10.0 Å². The Morgan fingerprint density at radius 3 is 2.27 bits per heavy atom. The number of piperazine rings is 1. The molecule has 0 radical (unpaired) electrons. The van der Waals surface area contributed by atoms with E-state index in [2.05, 4.69) is 5.32 Å². The first kappa shape index (κ1) is 23.2. The lowest BCUT2D eigenvalue weighted by Gasteiger charge is -2.35. The molecule has 1 aliphatic heterocycles. The van der Waals surface area contributed by atoms with Crippen molar-refractivity contribution < 1.29 is 22.0 Å². The predicted molar refractivity (Wildman–Crippen MR) is 123 cm³/mol. The first-order valence-electron chi connectivity index (χ1n) is 10.1. The fraction of sp³-hybridized carbons (Fsp3) is 0.174. The van der Waals surface area contributed by atoms with E-state index in [9.17, 15) is 22.0 Å². The smallest absolute Gasteiger partial charge is 0.255 e. The highest BCUT2D eigenvalue weighted by Gasteiger charge is 2.31. The van der Waals surface area contributed by atoms with E-state index in [0.717, 1.165) is 17.8 Å². The van der Waals surface area contributed by atoms with Crippen molar-refractivity contribution in [3.8, 4) is 0 Å². The average molecular weight is 492 g/mol. The van der Waals surface area contributed by atoms with Gasteiger partial charge >= 0.3 is 0 Å². The maximum absolute atomic E-state index is 14.5. The molecule has 1 aliphatic rings. The number of halogens is 3. The topological polar surface area (TPSA) is 69.7 Å². The maximum Gasteiger partial charge on any atom is 0.255 e. The molecule has 1 heterocycles. The highest BCUT2D eigenvalue weighted by molar-refractivity contribution is 7.89. The van der Waals surface area contributed by atoms with Crippen molar-refractivity contribution in [3.63, 3.8) is 0 Å². The maximum atomic E-state index is 14.5. The molecule has 0 bridgehead atoms. The van der Waals surface area contributed by atoms with Crippen LogP contribution in [0.15, 0.2) is 71.6 Å². The van der Waals surface area contributed by atoms with Gasteiger partial charge < -0.3 is 10.2 Å². The molecule has 10 heteroatoms. The predicted octanol–water partition coefficient (Wildman–Crippen LogP) is 4.38. The van der Waals surface area contributed by atoms with Gasteiger partial charge in [0.1, 0.15) is 16.5 Å². The van der Waals surface area contributed by atoms with Gasteiger partial charge in [-0.05, 0) is 60.7 Å². The molecule has 1 N–H and O–H groups in total. The zero-order valence-electron chi connectivity index (χ0n) is 17.3. The molecule has 0 aromatic heterocycles. The van der Waals surface area contributed by atoms with E-state index in [1.807, 2.05) is 4.90 Å². The Labute approximate surface area is 195 Å². The van der Waals surface area contributed by atoms with E-state index >= 15 is 0 Å². The molecule has 33 heavy (non-hydrogen) atoms. The number of amides is 1. The summed E-state index contributed by atoms with van der Waals surface area (Å²) in [5, 5.41) is 3.04. The van der Waals surface area contributed by atoms with Gasteiger partial charge in [-0.1, -0.05) is 17.7 Å². The molecule has 0 unspecified atom stereocenters. The van der Waals surface area contributed by atoms with Crippen LogP contribution in [0.25, 0.3) is 0 Å². The molecule has 4 rings (SSSR count). The summed E-state index contributed by atoms with van der Waals surface area (Å²) in [5.74, 6) is -1.88. The van der Waals surface area contributed by atoms with Crippen LogP contribution in [0.4, 0.5) is 20.2 Å². The van der Waals surface area contributed by atoms with Crippen molar-refractivity contribution >= 4 is 38.9 Å². The molecule has 0 aliphatic carbocycles. The Morgan fingerprint density at radius 1 is 0.909 bits per heavy atom. The molecule has 1 amide bonds. The minimum atomic E-state index is -4.17. The quantitative estimate of drug-likeness (QED) is 0.575. The van der Waals surface area contributed by atoms with Crippen LogP contribution in [0.3, 0.4) is 0 Å². The molecule has 3 aromatic rings. The summed E-state index contributed by atoms with van der Waals surface area (Å²) in [6.45, 7) is 0.971. The van der Waals surface area contributed by atoms with E-state index in [0.29, 0.717) is 23.8 Å².